The molecule has 0 saturated carbocycles. The summed E-state index contributed by atoms with van der Waals surface area (Å²) < 4.78 is 11.6. The molecule has 2 aliphatic heterocycles. The Labute approximate surface area is 200 Å². The van der Waals surface area contributed by atoms with Crippen LogP contribution in [-0.2, 0) is 0 Å². The smallest absolute Gasteiger partial charge is 0.251 e. The van der Waals surface area contributed by atoms with Gasteiger partial charge in [0.1, 0.15) is 17.1 Å². The first kappa shape index (κ1) is 23.5. The van der Waals surface area contributed by atoms with Gasteiger partial charge in [-0.3, -0.25) is 9.59 Å². The van der Waals surface area contributed by atoms with Crippen molar-refractivity contribution in [1.29, 1.82) is 5.26 Å². The van der Waals surface area contributed by atoms with Gasteiger partial charge in [0.25, 0.3) is 5.91 Å². The van der Waals surface area contributed by atoms with E-state index in [9.17, 15) is 9.59 Å². The van der Waals surface area contributed by atoms with Gasteiger partial charge in [0.2, 0.25) is 5.78 Å². The van der Waals surface area contributed by atoms with Gasteiger partial charge in [-0.1, -0.05) is 12.1 Å². The Hall–Kier alpha value is -3.63. The van der Waals surface area contributed by atoms with E-state index in [-0.39, 0.29) is 17.7 Å². The zero-order valence-electron chi connectivity index (χ0n) is 19.6. The van der Waals surface area contributed by atoms with Gasteiger partial charge in [0.05, 0.1) is 18.2 Å². The number of carbonyl (C=O) groups is 2. The summed E-state index contributed by atoms with van der Waals surface area (Å²) in [6, 6.07) is 14.4. The van der Waals surface area contributed by atoms with E-state index in [1.807, 2.05) is 26.0 Å². The second kappa shape index (κ2) is 10.5. The van der Waals surface area contributed by atoms with Gasteiger partial charge in [0, 0.05) is 31.2 Å². The number of fused-ring (bicyclic) bond motifs is 1. The van der Waals surface area contributed by atoms with E-state index in [0.29, 0.717) is 40.6 Å². The number of ketones is 1. The molecule has 0 radical (unpaired) electrons. The van der Waals surface area contributed by atoms with Crippen LogP contribution in [0.1, 0.15) is 59.4 Å². The van der Waals surface area contributed by atoms with E-state index in [2.05, 4.69) is 16.3 Å². The molecule has 0 spiro atoms. The topological polar surface area (TPSA) is 91.7 Å². The van der Waals surface area contributed by atoms with Gasteiger partial charge in [-0.2, -0.15) is 5.26 Å². The summed E-state index contributed by atoms with van der Waals surface area (Å²) in [5.41, 5.74) is 2.36. The fourth-order valence-corrected chi connectivity index (χ4v) is 4.31. The van der Waals surface area contributed by atoms with Crippen LogP contribution in [0.3, 0.4) is 0 Å². The van der Waals surface area contributed by atoms with Crippen LogP contribution in [0.5, 0.6) is 11.5 Å². The average molecular weight is 460 g/mol. The van der Waals surface area contributed by atoms with Gasteiger partial charge in [-0.15, -0.1) is 0 Å². The molecule has 2 heterocycles. The first-order valence-electron chi connectivity index (χ1n) is 11.7. The first-order chi connectivity index (χ1) is 16.5. The summed E-state index contributed by atoms with van der Waals surface area (Å²) in [5, 5.41) is 12.1. The fourth-order valence-electron chi connectivity index (χ4n) is 4.31. The summed E-state index contributed by atoms with van der Waals surface area (Å²) in [4.78, 5) is 27.5. The largest absolute Gasteiger partial charge is 0.493 e. The van der Waals surface area contributed by atoms with E-state index in [1.54, 1.807) is 30.3 Å². The third kappa shape index (κ3) is 5.29. The van der Waals surface area contributed by atoms with Crippen molar-refractivity contribution < 1.29 is 19.1 Å². The first-order valence-corrected chi connectivity index (χ1v) is 11.7. The molecule has 0 atom stereocenters. The van der Waals surface area contributed by atoms with E-state index in [1.165, 1.54) is 0 Å². The van der Waals surface area contributed by atoms with Crippen molar-refractivity contribution in [1.82, 2.24) is 10.2 Å². The fraction of sp³-hybridized carbons (Fsp3) is 0.370. The molecule has 34 heavy (non-hydrogen) atoms. The highest BCUT2D eigenvalue weighted by atomic mass is 16.5. The number of nitriles is 1. The van der Waals surface area contributed by atoms with Crippen molar-refractivity contribution in [2.75, 3.05) is 26.2 Å². The van der Waals surface area contributed by atoms with Crippen molar-refractivity contribution >= 4 is 11.7 Å². The molecule has 7 heteroatoms. The number of nitrogens with one attached hydrogen (secondary N) is 1. The van der Waals surface area contributed by atoms with Gasteiger partial charge in [-0.25, -0.2) is 0 Å². The Morgan fingerprint density at radius 1 is 1.21 bits per heavy atom. The molecule has 0 bridgehead atoms. The average Bonchev–Trinajstić information content (AvgIpc) is 3.20. The second-order valence-electron chi connectivity index (χ2n) is 8.87. The SMILES string of the molecule is CC(C)=C1Oc2cccc(OCCCN3CCC(NC(=O)c4cccc(C#N)c4)CC3)c2C1=O. The summed E-state index contributed by atoms with van der Waals surface area (Å²) in [7, 11) is 0. The van der Waals surface area contributed by atoms with Crippen molar-refractivity contribution in [3.63, 3.8) is 0 Å². The van der Waals surface area contributed by atoms with Crippen LogP contribution in [0.25, 0.3) is 0 Å². The standard InChI is InChI=1S/C27H29N3O4/c1-18(2)26-25(31)24-22(8-4-9-23(24)34-26)33-15-5-12-30-13-10-21(11-14-30)29-27(32)20-7-3-6-19(16-20)17-28/h3-4,6-9,16,21H,5,10-15H2,1-2H3,(H,29,32). The van der Waals surface area contributed by atoms with Gasteiger partial charge < -0.3 is 19.7 Å². The highest BCUT2D eigenvalue weighted by molar-refractivity contribution is 6.14. The minimum absolute atomic E-state index is 0.117. The molecule has 0 aliphatic carbocycles. The van der Waals surface area contributed by atoms with Crippen LogP contribution >= 0.6 is 0 Å². The number of likely N-dealkylation sites (tertiary alicyclic amines) is 1. The molecule has 176 valence electrons. The number of allylic oxidation sites excluding steroid dienone is 2. The number of piperidine rings is 1. The third-order valence-electron chi connectivity index (χ3n) is 6.14. The summed E-state index contributed by atoms with van der Waals surface area (Å²) >= 11 is 0. The third-order valence-corrected chi connectivity index (χ3v) is 6.14. The highest BCUT2D eigenvalue weighted by Crippen LogP contribution is 2.38. The van der Waals surface area contributed by atoms with Crippen LogP contribution in [0.4, 0.5) is 0 Å². The van der Waals surface area contributed by atoms with Crippen molar-refractivity contribution in [3.8, 4) is 17.6 Å². The number of benzene rings is 2. The van der Waals surface area contributed by atoms with Gasteiger partial charge in [0.15, 0.2) is 5.76 Å². The Balaban J connectivity index is 1.20. The van der Waals surface area contributed by atoms with E-state index >= 15 is 0 Å². The molecule has 1 saturated heterocycles. The lowest BCUT2D eigenvalue weighted by Crippen LogP contribution is -2.45. The number of hydrogen-bond donors (Lipinski definition) is 1. The monoisotopic (exact) mass is 459 g/mol. The van der Waals surface area contributed by atoms with Crippen LogP contribution < -0.4 is 14.8 Å². The minimum Gasteiger partial charge on any atom is -0.493 e. The van der Waals surface area contributed by atoms with Crippen LogP contribution in [-0.4, -0.2) is 48.9 Å². The van der Waals surface area contributed by atoms with E-state index in [0.717, 1.165) is 44.5 Å². The molecule has 7 nitrogen and oxygen atoms in total. The van der Waals surface area contributed by atoms with Crippen molar-refractivity contribution in [3.05, 3.63) is 70.5 Å². The number of ether oxygens (including phenoxy) is 2. The Morgan fingerprint density at radius 3 is 2.71 bits per heavy atom. The molecule has 1 fully saturated rings. The molecular weight excluding hydrogens is 430 g/mol. The molecule has 2 aliphatic rings. The maximum Gasteiger partial charge on any atom is 0.251 e. The lowest BCUT2D eigenvalue weighted by Gasteiger charge is -2.32. The quantitative estimate of drug-likeness (QED) is 0.495. The number of Topliss-reactive ketones (excluding diaryl/α,β-unsaturated/α-hetero) is 1. The van der Waals surface area contributed by atoms with E-state index < -0.39 is 0 Å². The lowest BCUT2D eigenvalue weighted by molar-refractivity contribution is 0.0909. The molecule has 1 amide bonds. The molecule has 1 N–H and O–H groups in total. The number of rotatable bonds is 7. The van der Waals surface area contributed by atoms with Crippen LogP contribution in [0.15, 0.2) is 53.8 Å². The molecule has 2 aromatic rings. The molecule has 0 aromatic heterocycles. The van der Waals surface area contributed by atoms with Crippen LogP contribution in [0, 0.1) is 11.3 Å². The van der Waals surface area contributed by atoms with Crippen molar-refractivity contribution in [2.45, 2.75) is 39.2 Å². The molecule has 4 rings (SSSR count). The molecule has 2 aromatic carbocycles. The highest BCUT2D eigenvalue weighted by Gasteiger charge is 2.31. The molecule has 0 unspecified atom stereocenters. The van der Waals surface area contributed by atoms with Gasteiger partial charge >= 0.3 is 0 Å². The maximum absolute atomic E-state index is 12.7. The zero-order chi connectivity index (χ0) is 24.1. The second-order valence-corrected chi connectivity index (χ2v) is 8.87. The number of carbonyl (C=O) groups excluding carboxylic acids is 2. The van der Waals surface area contributed by atoms with Gasteiger partial charge in [-0.05, 0) is 69.0 Å². The summed E-state index contributed by atoms with van der Waals surface area (Å²) in [6.45, 7) is 6.94. The normalized spacial score (nSPS) is 15.9. The minimum atomic E-state index is -0.130. The Morgan fingerprint density at radius 2 is 1.97 bits per heavy atom. The predicted octanol–water partition coefficient (Wildman–Crippen LogP) is 4.09. The number of amides is 1. The maximum atomic E-state index is 12.7. The zero-order valence-corrected chi connectivity index (χ0v) is 19.6. The van der Waals surface area contributed by atoms with Crippen LogP contribution in [0.2, 0.25) is 0 Å². The summed E-state index contributed by atoms with van der Waals surface area (Å²) in [5.74, 6) is 1.27. The molecular formula is C27H29N3O4. The Bertz CT molecular complexity index is 1150. The predicted molar refractivity (Wildman–Crippen MR) is 128 cm³/mol. The number of nitrogens with zero attached hydrogens (tertiary/aromatic N) is 2. The van der Waals surface area contributed by atoms with Crippen molar-refractivity contribution in [2.24, 2.45) is 0 Å². The Kier molecular flexibility index (Phi) is 7.29. The number of hydrogen-bond acceptors (Lipinski definition) is 6. The summed E-state index contributed by atoms with van der Waals surface area (Å²) in [6.07, 6.45) is 2.61. The lowest BCUT2D eigenvalue weighted by atomic mass is 10.0. The van der Waals surface area contributed by atoms with E-state index in [4.69, 9.17) is 14.7 Å².